The van der Waals surface area contributed by atoms with Gasteiger partial charge in [-0.2, -0.15) is 0 Å². The van der Waals surface area contributed by atoms with Crippen molar-refractivity contribution in [2.75, 3.05) is 5.73 Å². The molecule has 1 saturated carbocycles. The first-order chi connectivity index (χ1) is 6.70. The van der Waals surface area contributed by atoms with Crippen LogP contribution in [0.15, 0.2) is 12.3 Å². The molecule has 1 aliphatic rings. The van der Waals surface area contributed by atoms with Crippen LogP contribution in [-0.2, 0) is 0 Å². The van der Waals surface area contributed by atoms with E-state index in [1.807, 2.05) is 13.0 Å². The van der Waals surface area contributed by atoms with Gasteiger partial charge in [-0.3, -0.25) is 0 Å². The summed E-state index contributed by atoms with van der Waals surface area (Å²) in [6, 6.07) is 2.06. The summed E-state index contributed by atoms with van der Waals surface area (Å²) in [6.07, 6.45) is 5.50. The fraction of sp³-hybridized carbons (Fsp3) is 0.545. The van der Waals surface area contributed by atoms with Gasteiger partial charge < -0.3 is 11.5 Å². The number of hydrogen-bond acceptors (Lipinski definition) is 3. The van der Waals surface area contributed by atoms with Crippen molar-refractivity contribution >= 4 is 5.82 Å². The molecule has 0 spiro atoms. The largest absolute Gasteiger partial charge is 0.383 e. The quantitative estimate of drug-likeness (QED) is 0.748. The summed E-state index contributed by atoms with van der Waals surface area (Å²) < 4.78 is 0. The van der Waals surface area contributed by atoms with Gasteiger partial charge in [0.25, 0.3) is 0 Å². The Morgan fingerprint density at radius 3 is 2.71 bits per heavy atom. The van der Waals surface area contributed by atoms with Crippen molar-refractivity contribution in [3.63, 3.8) is 0 Å². The molecule has 1 heterocycles. The van der Waals surface area contributed by atoms with Crippen LogP contribution >= 0.6 is 0 Å². The number of anilines is 1. The molecule has 14 heavy (non-hydrogen) atoms. The number of nitrogens with zero attached hydrogens (tertiary/aromatic N) is 1. The Hall–Kier alpha value is -1.09. The Labute approximate surface area is 84.5 Å². The molecule has 1 unspecified atom stereocenters. The average molecular weight is 191 g/mol. The van der Waals surface area contributed by atoms with Crippen LogP contribution in [-0.4, -0.2) is 4.98 Å². The van der Waals surface area contributed by atoms with E-state index in [0.717, 1.165) is 11.1 Å². The van der Waals surface area contributed by atoms with Gasteiger partial charge >= 0.3 is 0 Å². The summed E-state index contributed by atoms with van der Waals surface area (Å²) in [4.78, 5) is 4.10. The number of hydrogen-bond donors (Lipinski definition) is 2. The van der Waals surface area contributed by atoms with Gasteiger partial charge in [-0.05, 0) is 37.3 Å². The van der Waals surface area contributed by atoms with Gasteiger partial charge in [0.2, 0.25) is 0 Å². The van der Waals surface area contributed by atoms with Gasteiger partial charge in [-0.15, -0.1) is 0 Å². The second-order valence-corrected chi connectivity index (χ2v) is 4.14. The molecule has 0 aromatic carbocycles. The van der Waals surface area contributed by atoms with Crippen LogP contribution in [0.4, 0.5) is 5.82 Å². The molecule has 4 N–H and O–H groups in total. The third-order valence-electron chi connectivity index (χ3n) is 3.23. The van der Waals surface area contributed by atoms with Crippen LogP contribution in [0, 0.1) is 12.8 Å². The third kappa shape index (κ3) is 1.48. The summed E-state index contributed by atoms with van der Waals surface area (Å²) >= 11 is 0. The smallest absolute Gasteiger partial charge is 0.128 e. The molecule has 0 bridgehead atoms. The Morgan fingerprint density at radius 2 is 2.21 bits per heavy atom. The van der Waals surface area contributed by atoms with E-state index in [-0.39, 0.29) is 6.04 Å². The normalized spacial score (nSPS) is 19.0. The number of aryl methyl sites for hydroxylation is 1. The van der Waals surface area contributed by atoms with Crippen LogP contribution in [0.5, 0.6) is 0 Å². The topological polar surface area (TPSA) is 64.9 Å². The predicted molar refractivity (Wildman–Crippen MR) is 57.7 cm³/mol. The second kappa shape index (κ2) is 3.58. The number of nitrogens with two attached hydrogens (primary N) is 2. The van der Waals surface area contributed by atoms with Crippen molar-refractivity contribution in [3.05, 3.63) is 23.4 Å². The fourth-order valence-electron chi connectivity index (χ4n) is 2.06. The van der Waals surface area contributed by atoms with Gasteiger partial charge in [0, 0.05) is 17.8 Å². The maximum atomic E-state index is 6.18. The molecule has 1 aromatic heterocycles. The number of pyridine rings is 1. The van der Waals surface area contributed by atoms with Crippen molar-refractivity contribution < 1.29 is 0 Å². The van der Waals surface area contributed by atoms with E-state index in [1.165, 1.54) is 19.3 Å². The van der Waals surface area contributed by atoms with Crippen LogP contribution in [0.25, 0.3) is 0 Å². The highest BCUT2D eigenvalue weighted by Gasteiger charge is 2.27. The zero-order valence-electron chi connectivity index (χ0n) is 8.53. The molecule has 2 rings (SSSR count). The molecule has 0 amide bonds. The van der Waals surface area contributed by atoms with Gasteiger partial charge in [0.1, 0.15) is 5.82 Å². The highest BCUT2D eigenvalue weighted by molar-refractivity contribution is 5.46. The first-order valence-corrected chi connectivity index (χ1v) is 5.16. The Balaban J connectivity index is 2.29. The molecular weight excluding hydrogens is 174 g/mol. The molecule has 3 heteroatoms. The molecule has 0 saturated heterocycles. The van der Waals surface area contributed by atoms with E-state index >= 15 is 0 Å². The van der Waals surface area contributed by atoms with Crippen LogP contribution in [0.1, 0.15) is 36.4 Å². The second-order valence-electron chi connectivity index (χ2n) is 4.14. The van der Waals surface area contributed by atoms with Gasteiger partial charge in [0.15, 0.2) is 0 Å². The van der Waals surface area contributed by atoms with E-state index in [2.05, 4.69) is 4.98 Å². The van der Waals surface area contributed by atoms with Crippen molar-refractivity contribution in [1.82, 2.24) is 4.98 Å². The lowest BCUT2D eigenvalue weighted by Crippen LogP contribution is -2.28. The Kier molecular flexibility index (Phi) is 2.42. The van der Waals surface area contributed by atoms with Crippen LogP contribution < -0.4 is 11.5 Å². The maximum absolute atomic E-state index is 6.18. The summed E-state index contributed by atoms with van der Waals surface area (Å²) in [5, 5.41) is 0. The van der Waals surface area contributed by atoms with E-state index in [4.69, 9.17) is 11.5 Å². The molecule has 1 aliphatic carbocycles. The number of rotatable bonds is 2. The van der Waals surface area contributed by atoms with E-state index < -0.39 is 0 Å². The van der Waals surface area contributed by atoms with E-state index in [9.17, 15) is 0 Å². The first kappa shape index (κ1) is 9.46. The molecule has 1 aromatic rings. The molecular formula is C11H17N3. The molecule has 3 nitrogen and oxygen atoms in total. The zero-order chi connectivity index (χ0) is 10.1. The highest BCUT2D eigenvalue weighted by atomic mass is 14.8. The van der Waals surface area contributed by atoms with Gasteiger partial charge in [-0.1, -0.05) is 6.42 Å². The minimum Gasteiger partial charge on any atom is -0.383 e. The third-order valence-corrected chi connectivity index (χ3v) is 3.23. The van der Waals surface area contributed by atoms with Gasteiger partial charge in [-0.25, -0.2) is 4.98 Å². The minimum absolute atomic E-state index is 0.0810. The van der Waals surface area contributed by atoms with Crippen molar-refractivity contribution in [3.8, 4) is 0 Å². The molecule has 0 radical (unpaired) electrons. The lowest BCUT2D eigenvalue weighted by Gasteiger charge is -2.32. The van der Waals surface area contributed by atoms with E-state index in [1.54, 1.807) is 6.20 Å². The fourth-order valence-corrected chi connectivity index (χ4v) is 2.06. The molecule has 0 aliphatic heterocycles. The monoisotopic (exact) mass is 191 g/mol. The number of nitrogen functional groups attached to an aromatic ring is 1. The zero-order valence-corrected chi connectivity index (χ0v) is 8.53. The van der Waals surface area contributed by atoms with E-state index in [0.29, 0.717) is 11.7 Å². The minimum atomic E-state index is 0.0810. The molecule has 1 atom stereocenters. The number of aromatic nitrogens is 1. The van der Waals surface area contributed by atoms with Crippen molar-refractivity contribution in [1.29, 1.82) is 0 Å². The summed E-state index contributed by atoms with van der Waals surface area (Å²) in [6.45, 7) is 2.05. The highest BCUT2D eigenvalue weighted by Crippen LogP contribution is 2.38. The molecule has 1 fully saturated rings. The Bertz CT molecular complexity index is 311. The SMILES string of the molecule is Cc1ccnc(N)c1C(N)C1CCC1. The standard InChI is InChI=1S/C11H17N3/c1-7-5-6-14-11(13)9(7)10(12)8-3-2-4-8/h5-6,8,10H,2-4,12H2,1H3,(H2,13,14). The average Bonchev–Trinajstić information content (AvgIpc) is 2.00. The Morgan fingerprint density at radius 1 is 1.50 bits per heavy atom. The summed E-state index contributed by atoms with van der Waals surface area (Å²) in [5.74, 6) is 1.21. The van der Waals surface area contributed by atoms with Crippen molar-refractivity contribution in [2.45, 2.75) is 32.2 Å². The van der Waals surface area contributed by atoms with Crippen molar-refractivity contribution in [2.24, 2.45) is 11.7 Å². The molecule has 76 valence electrons. The first-order valence-electron chi connectivity index (χ1n) is 5.16. The van der Waals surface area contributed by atoms with Gasteiger partial charge in [0.05, 0.1) is 0 Å². The summed E-state index contributed by atoms with van der Waals surface area (Å²) in [5.41, 5.74) is 14.2. The lowest BCUT2D eigenvalue weighted by atomic mass is 9.77. The van der Waals surface area contributed by atoms with Crippen LogP contribution in [0.3, 0.4) is 0 Å². The van der Waals surface area contributed by atoms with Crippen LogP contribution in [0.2, 0.25) is 0 Å². The lowest BCUT2D eigenvalue weighted by molar-refractivity contribution is 0.264. The summed E-state index contributed by atoms with van der Waals surface area (Å²) in [7, 11) is 0. The maximum Gasteiger partial charge on any atom is 0.128 e. The predicted octanol–water partition coefficient (Wildman–Crippen LogP) is 1.77.